The minimum Gasteiger partial charge on any atom is -0.351 e. The van der Waals surface area contributed by atoms with Gasteiger partial charge in [0.05, 0.1) is 6.20 Å². The lowest BCUT2D eigenvalue weighted by atomic mass is 10.1. The van der Waals surface area contributed by atoms with E-state index in [9.17, 15) is 10.1 Å². The molecule has 2 rings (SSSR count). The van der Waals surface area contributed by atoms with Gasteiger partial charge in [-0.2, -0.15) is 10.4 Å². The van der Waals surface area contributed by atoms with Crippen LogP contribution in [0.5, 0.6) is 0 Å². The molecule has 1 amide bonds. The summed E-state index contributed by atoms with van der Waals surface area (Å²) in [5.74, 6) is -0.355. The Morgan fingerprint density at radius 1 is 1.39 bits per heavy atom. The summed E-state index contributed by atoms with van der Waals surface area (Å²) in [5.41, 5.74) is 2.98. The van der Waals surface area contributed by atoms with Crippen LogP contribution in [0.3, 0.4) is 0 Å². The van der Waals surface area contributed by atoms with Crippen LogP contribution in [0.15, 0.2) is 42.1 Å². The van der Waals surface area contributed by atoms with Gasteiger partial charge >= 0.3 is 0 Å². The van der Waals surface area contributed by atoms with E-state index in [2.05, 4.69) is 10.4 Å². The third-order valence-electron chi connectivity index (χ3n) is 3.65. The van der Waals surface area contributed by atoms with Gasteiger partial charge in [0.15, 0.2) is 0 Å². The van der Waals surface area contributed by atoms with Gasteiger partial charge in [-0.15, -0.1) is 0 Å². The number of benzene rings is 1. The number of aromatic nitrogens is 2. The van der Waals surface area contributed by atoms with Crippen molar-refractivity contribution in [3.63, 3.8) is 0 Å². The first-order chi connectivity index (χ1) is 11.2. The molecule has 1 N–H and O–H groups in total. The van der Waals surface area contributed by atoms with Crippen LogP contribution in [-0.4, -0.2) is 22.2 Å². The Hall–Kier alpha value is -2.87. The molecule has 0 fully saturated rings. The van der Waals surface area contributed by atoms with Crippen molar-refractivity contribution in [3.05, 3.63) is 58.9 Å². The molecule has 0 aliphatic carbocycles. The van der Waals surface area contributed by atoms with Crippen molar-refractivity contribution in [3.8, 4) is 6.07 Å². The van der Waals surface area contributed by atoms with Crippen molar-refractivity contribution >= 4 is 12.0 Å². The lowest BCUT2D eigenvalue weighted by Crippen LogP contribution is -2.26. The summed E-state index contributed by atoms with van der Waals surface area (Å²) >= 11 is 0. The molecule has 1 heterocycles. The quantitative estimate of drug-likeness (QED) is 0.658. The Morgan fingerprint density at radius 2 is 2.13 bits per heavy atom. The van der Waals surface area contributed by atoms with Crippen molar-refractivity contribution in [1.82, 2.24) is 15.1 Å². The number of aryl methyl sites for hydroxylation is 1. The Kier molecular flexibility index (Phi) is 5.70. The summed E-state index contributed by atoms with van der Waals surface area (Å²) < 4.78 is 1.83. The lowest BCUT2D eigenvalue weighted by molar-refractivity contribution is -0.117. The minimum absolute atomic E-state index is 0.0943. The molecule has 0 bridgehead atoms. The molecule has 2 aromatic rings. The fraction of sp³-hybridized carbons (Fsp3) is 0.278. The highest BCUT2D eigenvalue weighted by atomic mass is 16.1. The molecule has 5 heteroatoms. The zero-order valence-electron chi connectivity index (χ0n) is 13.4. The number of hydrogen-bond acceptors (Lipinski definition) is 3. The molecule has 118 valence electrons. The molecule has 0 aliphatic rings. The molecule has 0 radical (unpaired) electrons. The van der Waals surface area contributed by atoms with Crippen molar-refractivity contribution in [2.75, 3.05) is 6.54 Å². The number of carbonyl (C=O) groups excluding carboxylic acids is 1. The van der Waals surface area contributed by atoms with Crippen LogP contribution in [0.4, 0.5) is 0 Å². The van der Waals surface area contributed by atoms with Crippen molar-refractivity contribution < 1.29 is 4.79 Å². The second-order valence-corrected chi connectivity index (χ2v) is 5.16. The standard InChI is InChI=1S/C18H20N4O/c1-3-22-14(2)17(13-21-22)11-16(12-19)18(23)20-10-9-15-7-5-4-6-8-15/h4-8,11,13H,3,9-10H2,1-2H3,(H,20,23). The molecule has 0 spiro atoms. The van der Waals surface area contributed by atoms with Gasteiger partial charge in [-0.1, -0.05) is 30.3 Å². The van der Waals surface area contributed by atoms with Gasteiger partial charge in [-0.25, -0.2) is 0 Å². The second-order valence-electron chi connectivity index (χ2n) is 5.16. The number of rotatable bonds is 6. The Bertz CT molecular complexity index is 738. The fourth-order valence-corrected chi connectivity index (χ4v) is 2.29. The van der Waals surface area contributed by atoms with Gasteiger partial charge in [0.2, 0.25) is 0 Å². The average Bonchev–Trinajstić information content (AvgIpc) is 2.93. The van der Waals surface area contributed by atoms with E-state index in [1.807, 2.05) is 54.9 Å². The van der Waals surface area contributed by atoms with E-state index in [1.165, 1.54) is 0 Å². The zero-order valence-corrected chi connectivity index (χ0v) is 13.4. The van der Waals surface area contributed by atoms with Crippen LogP contribution in [0, 0.1) is 18.3 Å². The molecular weight excluding hydrogens is 288 g/mol. The Labute approximate surface area is 136 Å². The molecule has 0 saturated carbocycles. The summed E-state index contributed by atoms with van der Waals surface area (Å²) in [6.45, 7) is 5.17. The maximum atomic E-state index is 12.1. The van der Waals surface area contributed by atoms with Gasteiger partial charge in [-0.05, 0) is 31.9 Å². The third-order valence-corrected chi connectivity index (χ3v) is 3.65. The van der Waals surface area contributed by atoms with Crippen molar-refractivity contribution in [2.24, 2.45) is 0 Å². The molecular formula is C18H20N4O. The lowest BCUT2D eigenvalue weighted by Gasteiger charge is -2.04. The molecule has 5 nitrogen and oxygen atoms in total. The van der Waals surface area contributed by atoms with Crippen LogP contribution >= 0.6 is 0 Å². The van der Waals surface area contributed by atoms with Gasteiger partial charge in [-0.3, -0.25) is 9.48 Å². The smallest absolute Gasteiger partial charge is 0.261 e. The van der Waals surface area contributed by atoms with Crippen LogP contribution in [0.25, 0.3) is 6.08 Å². The average molecular weight is 308 g/mol. The molecule has 1 aromatic heterocycles. The predicted molar refractivity (Wildman–Crippen MR) is 89.4 cm³/mol. The Morgan fingerprint density at radius 3 is 2.74 bits per heavy atom. The number of carbonyl (C=O) groups is 1. The minimum atomic E-state index is -0.355. The number of amides is 1. The maximum absolute atomic E-state index is 12.1. The summed E-state index contributed by atoms with van der Waals surface area (Å²) in [6, 6.07) is 11.9. The van der Waals surface area contributed by atoms with Gasteiger partial charge < -0.3 is 5.32 Å². The molecule has 0 unspecified atom stereocenters. The first kappa shape index (κ1) is 16.5. The van der Waals surface area contributed by atoms with Gasteiger partial charge in [0, 0.05) is 24.3 Å². The van der Waals surface area contributed by atoms with Crippen LogP contribution in [-0.2, 0) is 17.8 Å². The summed E-state index contributed by atoms with van der Waals surface area (Å²) in [7, 11) is 0. The van der Waals surface area contributed by atoms with E-state index in [0.717, 1.165) is 29.8 Å². The van der Waals surface area contributed by atoms with E-state index in [-0.39, 0.29) is 11.5 Å². The van der Waals surface area contributed by atoms with Gasteiger partial charge in [0.25, 0.3) is 5.91 Å². The SMILES string of the molecule is CCn1ncc(C=C(C#N)C(=O)NCCc2ccccc2)c1C. The number of nitrogens with one attached hydrogen (secondary N) is 1. The zero-order chi connectivity index (χ0) is 16.7. The highest BCUT2D eigenvalue weighted by Gasteiger charge is 2.11. The van der Waals surface area contributed by atoms with Crippen molar-refractivity contribution in [1.29, 1.82) is 5.26 Å². The first-order valence-corrected chi connectivity index (χ1v) is 7.62. The fourth-order valence-electron chi connectivity index (χ4n) is 2.29. The van der Waals surface area contributed by atoms with Crippen molar-refractivity contribution in [2.45, 2.75) is 26.8 Å². The first-order valence-electron chi connectivity index (χ1n) is 7.62. The highest BCUT2D eigenvalue weighted by molar-refractivity contribution is 6.01. The van der Waals surface area contributed by atoms with Crippen LogP contribution < -0.4 is 5.32 Å². The monoisotopic (exact) mass is 308 g/mol. The van der Waals surface area contributed by atoms with E-state index < -0.39 is 0 Å². The van der Waals surface area contributed by atoms with Crippen LogP contribution in [0.1, 0.15) is 23.7 Å². The number of nitriles is 1. The van der Waals surface area contributed by atoms with E-state index in [0.29, 0.717) is 6.54 Å². The second kappa shape index (κ2) is 7.95. The highest BCUT2D eigenvalue weighted by Crippen LogP contribution is 2.12. The topological polar surface area (TPSA) is 70.7 Å². The van der Waals surface area contributed by atoms with E-state index in [1.54, 1.807) is 12.3 Å². The molecule has 23 heavy (non-hydrogen) atoms. The predicted octanol–water partition coefficient (Wildman–Crippen LogP) is 2.48. The van der Waals surface area contributed by atoms with E-state index in [4.69, 9.17) is 0 Å². The number of hydrogen-bond donors (Lipinski definition) is 1. The Balaban J connectivity index is 1.99. The molecule has 1 aromatic carbocycles. The normalized spacial score (nSPS) is 11.1. The maximum Gasteiger partial charge on any atom is 0.261 e. The summed E-state index contributed by atoms with van der Waals surface area (Å²) in [4.78, 5) is 12.1. The third kappa shape index (κ3) is 4.30. The largest absolute Gasteiger partial charge is 0.351 e. The summed E-state index contributed by atoms with van der Waals surface area (Å²) in [5, 5.41) is 16.2. The van der Waals surface area contributed by atoms with Crippen LogP contribution in [0.2, 0.25) is 0 Å². The van der Waals surface area contributed by atoms with E-state index >= 15 is 0 Å². The summed E-state index contributed by atoms with van der Waals surface area (Å²) in [6.07, 6.45) is 4.00. The van der Waals surface area contributed by atoms with Gasteiger partial charge in [0.1, 0.15) is 11.6 Å². The molecule has 0 saturated heterocycles. The number of nitrogens with zero attached hydrogens (tertiary/aromatic N) is 3. The molecule has 0 aliphatic heterocycles. The molecule has 0 atom stereocenters.